The summed E-state index contributed by atoms with van der Waals surface area (Å²) in [5.74, 6) is 1.26. The lowest BCUT2D eigenvalue weighted by molar-refractivity contribution is -0.130. The minimum atomic E-state index is -0.638. The molecule has 3 amide bonds. The van der Waals surface area contributed by atoms with Crippen LogP contribution in [0.4, 0.5) is 9.59 Å². The van der Waals surface area contributed by atoms with Crippen LogP contribution in [0.15, 0.2) is 48.8 Å². The highest BCUT2D eigenvalue weighted by Gasteiger charge is 2.35. The van der Waals surface area contributed by atoms with Crippen LogP contribution in [0.1, 0.15) is 64.6 Å². The first kappa shape index (κ1) is 34.2. The van der Waals surface area contributed by atoms with E-state index >= 15 is 0 Å². The number of hydrogen-bond donors (Lipinski definition) is 3. The van der Waals surface area contributed by atoms with E-state index in [-0.39, 0.29) is 24.6 Å². The number of rotatable bonds is 10. The maximum Gasteiger partial charge on any atom is 0.410 e. The fourth-order valence-corrected chi connectivity index (χ4v) is 8.18. The van der Waals surface area contributed by atoms with Crippen LogP contribution in [-0.2, 0) is 20.8 Å². The Morgan fingerprint density at radius 1 is 1.00 bits per heavy atom. The number of H-pyrrole nitrogens is 2. The molecule has 5 heterocycles. The van der Waals surface area contributed by atoms with Gasteiger partial charge in [0.05, 0.1) is 48.4 Å². The molecule has 3 N–H and O–H groups in total. The van der Waals surface area contributed by atoms with Crippen molar-refractivity contribution in [3.05, 3.63) is 60.4 Å². The summed E-state index contributed by atoms with van der Waals surface area (Å²) in [7, 11) is 1.26. The minimum absolute atomic E-state index is 0.123. The Morgan fingerprint density at radius 2 is 1.69 bits per heavy atom. The number of hydrogen-bond acceptors (Lipinski definition) is 9. The number of likely N-dealkylation sites (tertiary alicyclic amines) is 1. The average Bonchev–Trinajstić information content (AvgIpc) is 3.90. The monoisotopic (exact) mass is 703 g/mol. The summed E-state index contributed by atoms with van der Waals surface area (Å²) in [5, 5.41) is 2.45. The van der Waals surface area contributed by atoms with Crippen molar-refractivity contribution < 1.29 is 23.9 Å². The molecule has 1 fully saturated rings. The van der Waals surface area contributed by atoms with Crippen LogP contribution < -0.4 is 5.32 Å². The van der Waals surface area contributed by atoms with E-state index in [9.17, 15) is 14.4 Å². The van der Waals surface area contributed by atoms with Crippen LogP contribution >= 0.6 is 22.7 Å². The number of methoxy groups -OCH3 is 1. The number of fused-ring (bicyclic) bond motifs is 1. The van der Waals surface area contributed by atoms with E-state index < -0.39 is 11.7 Å². The summed E-state index contributed by atoms with van der Waals surface area (Å²) in [6.45, 7) is 9.03. The van der Waals surface area contributed by atoms with Gasteiger partial charge < -0.3 is 29.7 Å². The molecule has 4 aromatic heterocycles. The van der Waals surface area contributed by atoms with Crippen LogP contribution in [0.5, 0.6) is 0 Å². The van der Waals surface area contributed by atoms with Crippen molar-refractivity contribution in [1.82, 2.24) is 35.1 Å². The summed E-state index contributed by atoms with van der Waals surface area (Å²) in [6.07, 6.45) is 5.24. The number of amides is 3. The number of carbonyl (C=O) groups is 3. The molecule has 1 saturated heterocycles. The Morgan fingerprint density at radius 3 is 2.41 bits per heavy atom. The van der Waals surface area contributed by atoms with Gasteiger partial charge in [0.25, 0.3) is 0 Å². The topological polar surface area (TPSA) is 146 Å². The number of imidazole rings is 2. The van der Waals surface area contributed by atoms with E-state index in [0.29, 0.717) is 25.5 Å². The first-order chi connectivity index (χ1) is 23.5. The maximum atomic E-state index is 12.8. The van der Waals surface area contributed by atoms with Crippen molar-refractivity contribution in [2.45, 2.75) is 65.1 Å². The van der Waals surface area contributed by atoms with Crippen LogP contribution in [0.2, 0.25) is 0 Å². The zero-order valence-electron chi connectivity index (χ0n) is 28.3. The lowest BCUT2D eigenvalue weighted by atomic mass is 10.1. The first-order valence-corrected chi connectivity index (χ1v) is 18.0. The quantitative estimate of drug-likeness (QED) is 0.136. The number of nitrogens with zero attached hydrogens (tertiary/aromatic N) is 4. The smallest absolute Gasteiger partial charge is 0.410 e. The van der Waals surface area contributed by atoms with E-state index in [4.69, 9.17) is 4.74 Å². The number of aromatic nitrogens is 4. The molecule has 0 bridgehead atoms. The molecule has 14 heteroatoms. The van der Waals surface area contributed by atoms with Crippen molar-refractivity contribution in [2.24, 2.45) is 0 Å². The van der Waals surface area contributed by atoms with Crippen LogP contribution in [-0.4, -0.2) is 80.2 Å². The molecule has 12 nitrogen and oxygen atoms in total. The van der Waals surface area contributed by atoms with Gasteiger partial charge in [0, 0.05) is 27.4 Å². The van der Waals surface area contributed by atoms with Crippen LogP contribution in [0, 0.1) is 0 Å². The van der Waals surface area contributed by atoms with E-state index in [0.717, 1.165) is 52.5 Å². The Kier molecular flexibility index (Phi) is 10.1. The van der Waals surface area contributed by atoms with Gasteiger partial charge in [-0.1, -0.05) is 31.2 Å². The number of thiophene rings is 2. The summed E-state index contributed by atoms with van der Waals surface area (Å²) < 4.78 is 12.6. The Balaban J connectivity index is 1.10. The molecule has 6 rings (SSSR count). The van der Waals surface area contributed by atoms with Crippen molar-refractivity contribution >= 4 is 50.2 Å². The Hall–Kier alpha value is -4.69. The SMILES string of the molecule is CCCN(Cc1ncc(-c2cc3sc(-c4ccc(-c5cnc(C6CCCN6C(=O)OC(C)(C)C)[nH]5)cc4)cc3s2)[nH]1)C(=O)CNC(=O)OC. The predicted molar refractivity (Wildman–Crippen MR) is 191 cm³/mol. The van der Waals surface area contributed by atoms with Crippen LogP contribution in [0.25, 0.3) is 41.7 Å². The highest BCUT2D eigenvalue weighted by atomic mass is 32.1. The normalized spacial score (nSPS) is 14.7. The zero-order valence-corrected chi connectivity index (χ0v) is 29.9. The zero-order chi connectivity index (χ0) is 34.7. The summed E-state index contributed by atoms with van der Waals surface area (Å²) >= 11 is 3.44. The molecule has 0 spiro atoms. The molecular weight excluding hydrogens is 663 g/mol. The van der Waals surface area contributed by atoms with E-state index in [1.165, 1.54) is 21.4 Å². The highest BCUT2D eigenvalue weighted by molar-refractivity contribution is 7.31. The van der Waals surface area contributed by atoms with Crippen molar-refractivity contribution in [3.8, 4) is 32.3 Å². The molecule has 0 saturated carbocycles. The second-order valence-corrected chi connectivity index (χ2v) is 15.1. The van der Waals surface area contributed by atoms with Gasteiger partial charge >= 0.3 is 12.2 Å². The van der Waals surface area contributed by atoms with Gasteiger partial charge in [-0.15, -0.1) is 22.7 Å². The number of alkyl carbamates (subject to hydrolysis) is 1. The number of nitrogens with one attached hydrogen (secondary N) is 3. The molecule has 1 unspecified atom stereocenters. The van der Waals surface area contributed by atoms with Crippen molar-refractivity contribution in [3.63, 3.8) is 0 Å². The fraction of sp³-hybridized carbons (Fsp3) is 0.400. The molecule has 1 aliphatic rings. The average molecular weight is 704 g/mol. The molecule has 0 radical (unpaired) electrons. The minimum Gasteiger partial charge on any atom is -0.453 e. The maximum absolute atomic E-state index is 12.8. The lowest BCUT2D eigenvalue weighted by Crippen LogP contribution is -2.40. The number of benzene rings is 1. The molecule has 5 aromatic rings. The van der Waals surface area contributed by atoms with E-state index in [2.05, 4.69) is 66.4 Å². The third kappa shape index (κ3) is 7.97. The molecule has 1 aromatic carbocycles. The summed E-state index contributed by atoms with van der Waals surface area (Å²) in [5.41, 5.74) is 3.43. The van der Waals surface area contributed by atoms with Gasteiger partial charge in [-0.3, -0.25) is 9.69 Å². The summed E-state index contributed by atoms with van der Waals surface area (Å²) in [4.78, 5) is 58.5. The Labute approximate surface area is 292 Å². The van der Waals surface area contributed by atoms with Crippen LogP contribution in [0.3, 0.4) is 0 Å². The van der Waals surface area contributed by atoms with Gasteiger partial charge in [-0.05, 0) is 63.3 Å². The third-order valence-corrected chi connectivity index (χ3v) is 10.5. The highest BCUT2D eigenvalue weighted by Crippen LogP contribution is 2.42. The van der Waals surface area contributed by atoms with E-state index in [1.54, 1.807) is 38.7 Å². The van der Waals surface area contributed by atoms with Gasteiger partial charge in [0.15, 0.2) is 0 Å². The second kappa shape index (κ2) is 14.4. The summed E-state index contributed by atoms with van der Waals surface area (Å²) in [6, 6.07) is 12.7. The molecule has 0 aliphatic carbocycles. The first-order valence-electron chi connectivity index (χ1n) is 16.3. The van der Waals surface area contributed by atoms with Gasteiger partial charge in [0.2, 0.25) is 5.91 Å². The molecule has 258 valence electrons. The van der Waals surface area contributed by atoms with Crippen molar-refractivity contribution in [2.75, 3.05) is 26.7 Å². The van der Waals surface area contributed by atoms with E-state index in [1.807, 2.05) is 33.9 Å². The number of aromatic amines is 2. The number of carbonyl (C=O) groups excluding carboxylic acids is 3. The molecule has 1 atom stereocenters. The predicted octanol–water partition coefficient (Wildman–Crippen LogP) is 7.58. The lowest BCUT2D eigenvalue weighted by Gasteiger charge is -2.27. The van der Waals surface area contributed by atoms with Gasteiger partial charge in [-0.2, -0.15) is 0 Å². The standard InChI is InChI=1S/C35H41N7O5S2/c1-6-13-41(31(43)19-38-33(44)46-5)20-30-36-18-24(39-30)27-16-29-28(49-27)15-26(48-29)22-11-9-21(10-12-22)23-17-37-32(40-23)25-8-7-14-42(25)34(45)47-35(2,3)4/h9-12,15-18,25H,6-8,13-14,19-20H2,1-5H3,(H,36,39)(H,37,40)(H,38,44). The Bertz CT molecular complexity index is 1900. The molecular formula is C35H41N7O5S2. The molecule has 1 aliphatic heterocycles. The van der Waals surface area contributed by atoms with Crippen molar-refractivity contribution in [1.29, 1.82) is 0 Å². The largest absolute Gasteiger partial charge is 0.453 e. The van der Waals surface area contributed by atoms with Gasteiger partial charge in [0.1, 0.15) is 23.8 Å². The third-order valence-electron chi connectivity index (χ3n) is 8.13. The number of ether oxygens (including phenoxy) is 2. The fourth-order valence-electron chi connectivity index (χ4n) is 5.81. The second-order valence-electron chi connectivity index (χ2n) is 12.9. The van der Waals surface area contributed by atoms with Gasteiger partial charge in [-0.25, -0.2) is 19.6 Å². The molecule has 49 heavy (non-hydrogen) atoms.